The SMILES string of the molecule is C=CCNC(=O)C(C)OCc1ccccc1. The van der Waals surface area contributed by atoms with Gasteiger partial charge in [-0.15, -0.1) is 6.58 Å². The van der Waals surface area contributed by atoms with Crippen LogP contribution in [0.1, 0.15) is 12.5 Å². The largest absolute Gasteiger partial charge is 0.364 e. The minimum Gasteiger partial charge on any atom is -0.364 e. The number of nitrogens with one attached hydrogen (secondary N) is 1. The summed E-state index contributed by atoms with van der Waals surface area (Å²) in [6, 6.07) is 9.77. The average molecular weight is 219 g/mol. The molecule has 1 aromatic carbocycles. The fourth-order valence-corrected chi connectivity index (χ4v) is 1.19. The second-order valence-corrected chi connectivity index (χ2v) is 3.47. The quantitative estimate of drug-likeness (QED) is 0.742. The van der Waals surface area contributed by atoms with Crippen molar-refractivity contribution >= 4 is 5.91 Å². The Morgan fingerprint density at radius 2 is 2.19 bits per heavy atom. The summed E-state index contributed by atoms with van der Waals surface area (Å²) in [5.74, 6) is -0.115. The molecule has 0 saturated heterocycles. The zero-order valence-electron chi connectivity index (χ0n) is 9.48. The molecule has 0 aliphatic rings. The standard InChI is InChI=1S/C13H17NO2/c1-3-9-14-13(15)11(2)16-10-12-7-5-4-6-8-12/h3-8,11H,1,9-10H2,2H3,(H,14,15). The van der Waals surface area contributed by atoms with Crippen molar-refractivity contribution in [3.63, 3.8) is 0 Å². The van der Waals surface area contributed by atoms with Crippen molar-refractivity contribution in [1.29, 1.82) is 0 Å². The topological polar surface area (TPSA) is 38.3 Å². The molecule has 1 unspecified atom stereocenters. The summed E-state index contributed by atoms with van der Waals surface area (Å²) in [4.78, 5) is 11.4. The van der Waals surface area contributed by atoms with Gasteiger partial charge in [0.25, 0.3) is 0 Å². The summed E-state index contributed by atoms with van der Waals surface area (Å²) in [5, 5.41) is 2.69. The number of hydrogen-bond acceptors (Lipinski definition) is 2. The summed E-state index contributed by atoms with van der Waals surface area (Å²) in [6.07, 6.45) is 1.20. The lowest BCUT2D eigenvalue weighted by atomic mass is 10.2. The summed E-state index contributed by atoms with van der Waals surface area (Å²) < 4.78 is 5.44. The minimum absolute atomic E-state index is 0.115. The Balaban J connectivity index is 2.32. The van der Waals surface area contributed by atoms with Crippen LogP contribution in [0.15, 0.2) is 43.0 Å². The predicted octanol–water partition coefficient (Wildman–Crippen LogP) is 1.89. The third-order valence-electron chi connectivity index (χ3n) is 2.13. The third-order valence-corrected chi connectivity index (χ3v) is 2.13. The van der Waals surface area contributed by atoms with Crippen molar-refractivity contribution in [3.8, 4) is 0 Å². The molecule has 1 rings (SSSR count). The highest BCUT2D eigenvalue weighted by atomic mass is 16.5. The van der Waals surface area contributed by atoms with Gasteiger partial charge in [0.2, 0.25) is 5.91 Å². The van der Waals surface area contributed by atoms with Crippen molar-refractivity contribution in [1.82, 2.24) is 5.32 Å². The summed E-state index contributed by atoms with van der Waals surface area (Å²) in [7, 11) is 0. The highest BCUT2D eigenvalue weighted by Crippen LogP contribution is 2.03. The molecule has 0 aliphatic heterocycles. The Morgan fingerprint density at radius 1 is 1.50 bits per heavy atom. The van der Waals surface area contributed by atoms with E-state index in [1.165, 1.54) is 0 Å². The average Bonchev–Trinajstić information content (AvgIpc) is 2.34. The maximum absolute atomic E-state index is 11.4. The molecule has 0 radical (unpaired) electrons. The van der Waals surface area contributed by atoms with Gasteiger partial charge in [-0.25, -0.2) is 0 Å². The summed E-state index contributed by atoms with van der Waals surface area (Å²) >= 11 is 0. The molecule has 0 aliphatic carbocycles. The first kappa shape index (κ1) is 12.5. The Morgan fingerprint density at radius 3 is 2.81 bits per heavy atom. The van der Waals surface area contributed by atoms with Crippen molar-refractivity contribution in [2.24, 2.45) is 0 Å². The molecule has 1 N–H and O–H groups in total. The van der Waals surface area contributed by atoms with Crippen LogP contribution in [0.5, 0.6) is 0 Å². The van der Waals surface area contributed by atoms with Gasteiger partial charge in [-0.3, -0.25) is 4.79 Å². The smallest absolute Gasteiger partial charge is 0.249 e. The van der Waals surface area contributed by atoms with E-state index in [1.54, 1.807) is 13.0 Å². The first-order chi connectivity index (χ1) is 7.74. The molecule has 0 spiro atoms. The van der Waals surface area contributed by atoms with Gasteiger partial charge in [0.1, 0.15) is 6.10 Å². The Kier molecular flexibility index (Phi) is 5.29. The molecule has 86 valence electrons. The van der Waals surface area contributed by atoms with Gasteiger partial charge in [-0.1, -0.05) is 36.4 Å². The van der Waals surface area contributed by atoms with Crippen LogP contribution in [0.3, 0.4) is 0 Å². The van der Waals surface area contributed by atoms with Crippen LogP contribution in [0.4, 0.5) is 0 Å². The van der Waals surface area contributed by atoms with Gasteiger partial charge < -0.3 is 10.1 Å². The molecule has 3 nitrogen and oxygen atoms in total. The lowest BCUT2D eigenvalue weighted by Gasteiger charge is -2.12. The Labute approximate surface area is 96.1 Å². The van der Waals surface area contributed by atoms with E-state index >= 15 is 0 Å². The maximum atomic E-state index is 11.4. The van der Waals surface area contributed by atoms with Gasteiger partial charge in [0.15, 0.2) is 0 Å². The van der Waals surface area contributed by atoms with E-state index in [9.17, 15) is 4.79 Å². The summed E-state index contributed by atoms with van der Waals surface area (Å²) in [5.41, 5.74) is 1.06. The molecule has 16 heavy (non-hydrogen) atoms. The maximum Gasteiger partial charge on any atom is 0.249 e. The van der Waals surface area contributed by atoms with Crippen LogP contribution in [-0.4, -0.2) is 18.6 Å². The predicted molar refractivity (Wildman–Crippen MR) is 63.9 cm³/mol. The number of amides is 1. The molecule has 0 fully saturated rings. The zero-order chi connectivity index (χ0) is 11.8. The molecule has 0 heterocycles. The van der Waals surface area contributed by atoms with Crippen molar-refractivity contribution in [3.05, 3.63) is 48.6 Å². The van der Waals surface area contributed by atoms with Crippen molar-refractivity contribution in [2.45, 2.75) is 19.6 Å². The number of carbonyl (C=O) groups is 1. The fraction of sp³-hybridized carbons (Fsp3) is 0.308. The van der Waals surface area contributed by atoms with Crippen LogP contribution in [0, 0.1) is 0 Å². The molecule has 1 aromatic rings. The van der Waals surface area contributed by atoms with E-state index in [2.05, 4.69) is 11.9 Å². The number of carbonyl (C=O) groups excluding carboxylic acids is 1. The number of ether oxygens (including phenoxy) is 1. The van der Waals surface area contributed by atoms with E-state index in [0.717, 1.165) is 5.56 Å². The van der Waals surface area contributed by atoms with Crippen LogP contribution < -0.4 is 5.32 Å². The second-order valence-electron chi connectivity index (χ2n) is 3.47. The molecule has 0 aromatic heterocycles. The lowest BCUT2D eigenvalue weighted by molar-refractivity contribution is -0.132. The first-order valence-corrected chi connectivity index (χ1v) is 5.28. The van der Waals surface area contributed by atoms with Gasteiger partial charge in [-0.05, 0) is 12.5 Å². The normalized spacial score (nSPS) is 11.8. The first-order valence-electron chi connectivity index (χ1n) is 5.28. The Hall–Kier alpha value is -1.61. The van der Waals surface area contributed by atoms with E-state index in [4.69, 9.17) is 4.74 Å². The Bertz CT molecular complexity index is 335. The molecule has 1 atom stereocenters. The van der Waals surface area contributed by atoms with E-state index in [1.807, 2.05) is 30.3 Å². The molecule has 3 heteroatoms. The van der Waals surface area contributed by atoms with E-state index in [0.29, 0.717) is 13.2 Å². The highest BCUT2D eigenvalue weighted by molar-refractivity contribution is 5.80. The van der Waals surface area contributed by atoms with E-state index < -0.39 is 6.10 Å². The second kappa shape index (κ2) is 6.80. The molecule has 0 bridgehead atoms. The van der Waals surface area contributed by atoms with Crippen LogP contribution >= 0.6 is 0 Å². The van der Waals surface area contributed by atoms with Gasteiger partial charge in [0, 0.05) is 6.54 Å². The minimum atomic E-state index is -0.444. The lowest BCUT2D eigenvalue weighted by Crippen LogP contribution is -2.34. The number of benzene rings is 1. The van der Waals surface area contributed by atoms with Crippen molar-refractivity contribution < 1.29 is 9.53 Å². The van der Waals surface area contributed by atoms with Crippen LogP contribution in [0.25, 0.3) is 0 Å². The molecular formula is C13H17NO2. The summed E-state index contributed by atoms with van der Waals surface area (Å²) in [6.45, 7) is 6.19. The highest BCUT2D eigenvalue weighted by Gasteiger charge is 2.11. The molecule has 0 saturated carbocycles. The monoisotopic (exact) mass is 219 g/mol. The molecule has 1 amide bonds. The third kappa shape index (κ3) is 4.28. The zero-order valence-corrected chi connectivity index (χ0v) is 9.48. The number of rotatable bonds is 6. The van der Waals surface area contributed by atoms with Gasteiger partial charge in [-0.2, -0.15) is 0 Å². The number of hydrogen-bond donors (Lipinski definition) is 1. The molecular weight excluding hydrogens is 202 g/mol. The van der Waals surface area contributed by atoms with Crippen LogP contribution in [-0.2, 0) is 16.1 Å². The van der Waals surface area contributed by atoms with Crippen LogP contribution in [0.2, 0.25) is 0 Å². The van der Waals surface area contributed by atoms with Gasteiger partial charge >= 0.3 is 0 Å². The fourth-order valence-electron chi connectivity index (χ4n) is 1.19. The van der Waals surface area contributed by atoms with Gasteiger partial charge in [0.05, 0.1) is 6.61 Å². The van der Waals surface area contributed by atoms with Crippen molar-refractivity contribution in [2.75, 3.05) is 6.54 Å². The van der Waals surface area contributed by atoms with E-state index in [-0.39, 0.29) is 5.91 Å².